The van der Waals surface area contributed by atoms with Crippen LogP contribution in [0.1, 0.15) is 17.6 Å². The van der Waals surface area contributed by atoms with E-state index in [0.29, 0.717) is 0 Å². The van der Waals surface area contributed by atoms with Crippen LogP contribution in [0.15, 0.2) is 6.20 Å². The predicted molar refractivity (Wildman–Crippen MR) is 53.6 cm³/mol. The first-order chi connectivity index (χ1) is 8.43. The summed E-state index contributed by atoms with van der Waals surface area (Å²) in [6, 6.07) is 0. The van der Waals surface area contributed by atoms with Crippen molar-refractivity contribution in [3.63, 3.8) is 0 Å². The second-order valence-electron chi connectivity index (χ2n) is 3.05. The van der Waals surface area contributed by atoms with E-state index in [1.165, 1.54) is 0 Å². The number of pyridine rings is 1. The van der Waals surface area contributed by atoms with E-state index in [1.807, 2.05) is 0 Å². The summed E-state index contributed by atoms with van der Waals surface area (Å²) in [6.07, 6.45) is -14.4. The Bertz CT molecular complexity index is 469. The zero-order valence-corrected chi connectivity index (χ0v) is 10.6. The van der Waals surface area contributed by atoms with Crippen molar-refractivity contribution in [2.24, 2.45) is 0 Å². The molecule has 19 heavy (non-hydrogen) atoms. The van der Waals surface area contributed by atoms with Crippen molar-refractivity contribution in [1.29, 1.82) is 0 Å². The SMILES string of the molecule is FC(F)c1c(I)ncc(OC(F)(F)F)c1C(F)(F)F. The Morgan fingerprint density at radius 1 is 1.11 bits per heavy atom. The molecule has 0 fully saturated rings. The number of halogens is 9. The minimum Gasteiger partial charge on any atom is -0.403 e. The first-order valence-corrected chi connectivity index (χ1v) is 5.31. The molecule has 0 aliphatic heterocycles. The minimum atomic E-state index is -5.45. The van der Waals surface area contributed by atoms with Crippen molar-refractivity contribution in [2.45, 2.75) is 19.0 Å². The van der Waals surface area contributed by atoms with Crippen molar-refractivity contribution in [2.75, 3.05) is 0 Å². The van der Waals surface area contributed by atoms with Gasteiger partial charge in [-0.1, -0.05) is 0 Å². The molecule has 0 spiro atoms. The lowest BCUT2D eigenvalue weighted by atomic mass is 10.1. The standard InChI is InChI=1S/C8H2F8INO/c9-5(10)3-4(7(11,12)13)2(1-18-6(3)17)19-8(14,15)16/h1,5H. The van der Waals surface area contributed by atoms with Gasteiger partial charge in [-0.25, -0.2) is 13.8 Å². The molecule has 0 bridgehead atoms. The molecule has 0 unspecified atom stereocenters. The lowest BCUT2D eigenvalue weighted by Gasteiger charge is -2.18. The third-order valence-electron chi connectivity index (χ3n) is 1.76. The van der Waals surface area contributed by atoms with Crippen LogP contribution in [0.5, 0.6) is 5.75 Å². The molecule has 0 aromatic carbocycles. The highest BCUT2D eigenvalue weighted by Crippen LogP contribution is 2.44. The number of rotatable bonds is 2. The average molecular weight is 407 g/mol. The van der Waals surface area contributed by atoms with Gasteiger partial charge in [-0.2, -0.15) is 13.2 Å². The highest BCUT2D eigenvalue weighted by Gasteiger charge is 2.44. The average Bonchev–Trinajstić information content (AvgIpc) is 2.15. The molecular weight excluding hydrogens is 405 g/mol. The van der Waals surface area contributed by atoms with Gasteiger partial charge in [-0.05, 0) is 22.6 Å². The van der Waals surface area contributed by atoms with Crippen molar-refractivity contribution < 1.29 is 39.9 Å². The van der Waals surface area contributed by atoms with Crippen LogP contribution in [0.25, 0.3) is 0 Å². The Morgan fingerprint density at radius 3 is 2.00 bits per heavy atom. The fourth-order valence-electron chi connectivity index (χ4n) is 1.18. The van der Waals surface area contributed by atoms with Gasteiger partial charge in [0.2, 0.25) is 0 Å². The second kappa shape index (κ2) is 5.25. The maximum atomic E-state index is 12.6. The van der Waals surface area contributed by atoms with Gasteiger partial charge in [0, 0.05) is 0 Å². The molecule has 1 heterocycles. The summed E-state index contributed by atoms with van der Waals surface area (Å²) < 4.78 is 101. The molecule has 2 nitrogen and oxygen atoms in total. The van der Waals surface area contributed by atoms with E-state index in [9.17, 15) is 35.1 Å². The van der Waals surface area contributed by atoms with Crippen LogP contribution in [0.2, 0.25) is 0 Å². The fraction of sp³-hybridized carbons (Fsp3) is 0.375. The van der Waals surface area contributed by atoms with Crippen LogP contribution in [-0.2, 0) is 6.18 Å². The smallest absolute Gasteiger partial charge is 0.403 e. The van der Waals surface area contributed by atoms with Crippen LogP contribution in [0, 0.1) is 3.70 Å². The maximum absolute atomic E-state index is 12.6. The third-order valence-corrected chi connectivity index (χ3v) is 2.62. The topological polar surface area (TPSA) is 22.1 Å². The van der Waals surface area contributed by atoms with Crippen LogP contribution < -0.4 is 4.74 Å². The Labute approximate surface area is 113 Å². The quantitative estimate of drug-likeness (QED) is 0.408. The lowest BCUT2D eigenvalue weighted by Crippen LogP contribution is -2.22. The summed E-state index contributed by atoms with van der Waals surface area (Å²) >= 11 is 1.07. The van der Waals surface area contributed by atoms with Crippen molar-refractivity contribution in [1.82, 2.24) is 4.98 Å². The maximum Gasteiger partial charge on any atom is 0.573 e. The van der Waals surface area contributed by atoms with E-state index >= 15 is 0 Å². The fourth-order valence-corrected chi connectivity index (χ4v) is 1.82. The van der Waals surface area contributed by atoms with Gasteiger partial charge in [0.25, 0.3) is 6.43 Å². The normalized spacial score (nSPS) is 12.9. The van der Waals surface area contributed by atoms with Gasteiger partial charge in [-0.3, -0.25) is 0 Å². The molecule has 0 radical (unpaired) electrons. The Morgan fingerprint density at radius 2 is 1.63 bits per heavy atom. The molecule has 11 heteroatoms. The zero-order valence-electron chi connectivity index (χ0n) is 8.41. The minimum absolute atomic E-state index is 0.101. The van der Waals surface area contributed by atoms with E-state index in [2.05, 4.69) is 9.72 Å². The van der Waals surface area contributed by atoms with Gasteiger partial charge < -0.3 is 4.74 Å². The van der Waals surface area contributed by atoms with E-state index < -0.39 is 39.5 Å². The van der Waals surface area contributed by atoms with Crippen LogP contribution >= 0.6 is 22.6 Å². The highest BCUT2D eigenvalue weighted by molar-refractivity contribution is 14.1. The molecule has 0 aliphatic rings. The van der Waals surface area contributed by atoms with Gasteiger partial charge in [-0.15, -0.1) is 13.2 Å². The molecule has 0 saturated heterocycles. The molecule has 108 valence electrons. The Hall–Kier alpha value is -0.880. The number of hydrogen-bond acceptors (Lipinski definition) is 2. The molecular formula is C8H2F8INO. The first kappa shape index (κ1) is 16.2. The number of aromatic nitrogens is 1. The summed E-state index contributed by atoms with van der Waals surface area (Å²) in [7, 11) is 0. The molecule has 0 saturated carbocycles. The zero-order chi connectivity index (χ0) is 15.0. The number of ether oxygens (including phenoxy) is 1. The lowest BCUT2D eigenvalue weighted by molar-refractivity contribution is -0.276. The van der Waals surface area contributed by atoms with Crippen molar-refractivity contribution in [3.05, 3.63) is 21.0 Å². The van der Waals surface area contributed by atoms with Gasteiger partial charge in [0.1, 0.15) is 9.26 Å². The largest absolute Gasteiger partial charge is 0.573 e. The van der Waals surface area contributed by atoms with Crippen molar-refractivity contribution >= 4 is 22.6 Å². The van der Waals surface area contributed by atoms with Crippen molar-refractivity contribution in [3.8, 4) is 5.75 Å². The molecule has 1 rings (SSSR count). The summed E-state index contributed by atoms with van der Waals surface area (Å²) in [5.41, 5.74) is -3.82. The van der Waals surface area contributed by atoms with Crippen LogP contribution in [0.3, 0.4) is 0 Å². The van der Waals surface area contributed by atoms with Crippen LogP contribution in [-0.4, -0.2) is 11.3 Å². The third kappa shape index (κ3) is 4.04. The Kier molecular flexibility index (Phi) is 4.47. The van der Waals surface area contributed by atoms with Gasteiger partial charge >= 0.3 is 12.5 Å². The number of nitrogens with zero attached hydrogens (tertiary/aromatic N) is 1. The van der Waals surface area contributed by atoms with Gasteiger partial charge in [0.15, 0.2) is 5.75 Å². The summed E-state index contributed by atoms with van der Waals surface area (Å²) in [5, 5.41) is 0. The summed E-state index contributed by atoms with van der Waals surface area (Å²) in [6.45, 7) is 0. The van der Waals surface area contributed by atoms with E-state index in [1.54, 1.807) is 0 Å². The molecule has 0 atom stereocenters. The molecule has 0 N–H and O–H groups in total. The van der Waals surface area contributed by atoms with E-state index in [-0.39, 0.29) is 6.20 Å². The molecule has 1 aromatic heterocycles. The number of alkyl halides is 8. The predicted octanol–water partition coefficient (Wildman–Crippen LogP) is 4.54. The van der Waals surface area contributed by atoms with E-state index in [0.717, 1.165) is 22.6 Å². The van der Waals surface area contributed by atoms with Crippen LogP contribution in [0.4, 0.5) is 35.1 Å². The number of hydrogen-bond donors (Lipinski definition) is 0. The monoisotopic (exact) mass is 407 g/mol. The van der Waals surface area contributed by atoms with Gasteiger partial charge in [0.05, 0.1) is 11.8 Å². The first-order valence-electron chi connectivity index (χ1n) is 4.23. The van der Waals surface area contributed by atoms with E-state index in [4.69, 9.17) is 0 Å². The molecule has 1 aromatic rings. The Balaban J connectivity index is 3.53. The highest BCUT2D eigenvalue weighted by atomic mass is 127. The second-order valence-corrected chi connectivity index (χ2v) is 4.07. The summed E-state index contributed by atoms with van der Waals surface area (Å²) in [5.74, 6) is -1.81. The molecule has 0 aliphatic carbocycles. The molecule has 0 amide bonds. The summed E-state index contributed by atoms with van der Waals surface area (Å²) in [4.78, 5) is 3.04.